The average molecular weight is 305 g/mol. The molecule has 2 aromatic heterocycles. The first-order valence-electron chi connectivity index (χ1n) is 8.26. The zero-order valence-electron chi connectivity index (χ0n) is 12.6. The molecule has 2 aliphatic rings. The van der Waals surface area contributed by atoms with Crippen LogP contribution in [0.4, 0.5) is 0 Å². The van der Waals surface area contributed by atoms with E-state index in [-0.39, 0.29) is 5.41 Å². The molecule has 1 N–H and O–H groups in total. The Morgan fingerprint density at radius 3 is 2.76 bits per heavy atom. The summed E-state index contributed by atoms with van der Waals surface area (Å²) in [5, 5.41) is 18.5. The number of nitrogens with one attached hydrogen (secondary N) is 1. The molecule has 1 aliphatic heterocycles. The molecular weight excluding hydrogens is 282 g/mol. The highest BCUT2D eigenvalue weighted by Gasteiger charge is 2.37. The molecule has 0 bridgehead atoms. The molecule has 1 saturated carbocycles. The van der Waals surface area contributed by atoms with Gasteiger partial charge in [0, 0.05) is 11.3 Å². The molecule has 3 heterocycles. The Labute approximate surface area is 129 Å². The highest BCUT2D eigenvalue weighted by Crippen LogP contribution is 2.41. The summed E-state index contributed by atoms with van der Waals surface area (Å²) in [6.45, 7) is 4.50. The minimum Gasteiger partial charge on any atom is -0.317 e. The fraction of sp³-hybridized carbons (Fsp3) is 0.800. The van der Waals surface area contributed by atoms with E-state index in [0.29, 0.717) is 5.92 Å². The zero-order valence-corrected chi connectivity index (χ0v) is 13.5. The largest absolute Gasteiger partial charge is 0.317 e. The first-order chi connectivity index (χ1) is 10.3. The van der Waals surface area contributed by atoms with E-state index in [2.05, 4.69) is 22.4 Å². The minimum atomic E-state index is 0.266. The van der Waals surface area contributed by atoms with Crippen LogP contribution in [-0.2, 0) is 5.41 Å². The zero-order chi connectivity index (χ0) is 14.3. The molecule has 0 unspecified atom stereocenters. The van der Waals surface area contributed by atoms with E-state index in [1.807, 2.05) is 4.52 Å². The maximum atomic E-state index is 4.97. The molecule has 2 fully saturated rings. The summed E-state index contributed by atoms with van der Waals surface area (Å²) in [6, 6.07) is 0. The van der Waals surface area contributed by atoms with Gasteiger partial charge in [0.05, 0.1) is 0 Å². The van der Waals surface area contributed by atoms with Crippen molar-refractivity contribution in [1.29, 1.82) is 0 Å². The molecule has 0 atom stereocenters. The number of nitrogens with zero attached hydrogens (tertiary/aromatic N) is 4. The molecule has 114 valence electrons. The fourth-order valence-corrected chi connectivity index (χ4v) is 4.84. The lowest BCUT2D eigenvalue weighted by molar-refractivity contribution is 0.281. The van der Waals surface area contributed by atoms with Crippen molar-refractivity contribution in [2.45, 2.75) is 63.2 Å². The van der Waals surface area contributed by atoms with Crippen LogP contribution in [0.5, 0.6) is 0 Å². The number of hydrogen-bond donors (Lipinski definition) is 1. The number of fused-ring (bicyclic) bond motifs is 1. The van der Waals surface area contributed by atoms with Gasteiger partial charge in [-0.25, -0.2) is 0 Å². The second-order valence-corrected chi connectivity index (χ2v) is 7.52. The van der Waals surface area contributed by atoms with E-state index >= 15 is 0 Å². The van der Waals surface area contributed by atoms with Gasteiger partial charge in [-0.2, -0.15) is 9.61 Å². The predicted octanol–water partition coefficient (Wildman–Crippen LogP) is 2.87. The van der Waals surface area contributed by atoms with Gasteiger partial charge < -0.3 is 5.32 Å². The molecule has 1 saturated heterocycles. The molecule has 21 heavy (non-hydrogen) atoms. The Morgan fingerprint density at radius 2 is 2.10 bits per heavy atom. The molecule has 6 heteroatoms. The Balaban J connectivity index is 1.72. The predicted molar refractivity (Wildman–Crippen MR) is 83.9 cm³/mol. The summed E-state index contributed by atoms with van der Waals surface area (Å²) in [4.78, 5) is 0.987. The molecule has 5 nitrogen and oxygen atoms in total. The van der Waals surface area contributed by atoms with E-state index in [1.54, 1.807) is 11.3 Å². The molecule has 1 aliphatic carbocycles. The number of rotatable bonds is 4. The average Bonchev–Trinajstić information content (AvgIpc) is 3.01. The van der Waals surface area contributed by atoms with E-state index in [4.69, 9.17) is 5.10 Å². The third-order valence-electron chi connectivity index (χ3n) is 5.23. The second kappa shape index (κ2) is 5.32. The second-order valence-electron chi connectivity index (χ2n) is 6.57. The standard InChI is InChI=1S/C15H23N5S/c1-2-6-15(7-9-16-10-8-15)13-19-20-12(11-4-3-5-11)17-18-14(20)21-13/h11,16H,2-10H2,1H3. The Bertz CT molecular complexity index is 616. The van der Waals surface area contributed by atoms with Gasteiger partial charge in [0.2, 0.25) is 4.96 Å². The number of aromatic nitrogens is 4. The van der Waals surface area contributed by atoms with E-state index in [9.17, 15) is 0 Å². The summed E-state index contributed by atoms with van der Waals surface area (Å²) >= 11 is 1.77. The lowest BCUT2D eigenvalue weighted by Crippen LogP contribution is -2.39. The molecule has 0 radical (unpaired) electrons. The van der Waals surface area contributed by atoms with Crippen molar-refractivity contribution in [3.05, 3.63) is 10.8 Å². The third kappa shape index (κ3) is 2.19. The minimum absolute atomic E-state index is 0.266. The molecule has 2 aromatic rings. The van der Waals surface area contributed by atoms with Gasteiger partial charge >= 0.3 is 0 Å². The van der Waals surface area contributed by atoms with E-state index < -0.39 is 0 Å². The number of hydrogen-bond acceptors (Lipinski definition) is 5. The van der Waals surface area contributed by atoms with Crippen LogP contribution in [0.25, 0.3) is 4.96 Å². The van der Waals surface area contributed by atoms with Crippen LogP contribution in [0.15, 0.2) is 0 Å². The maximum absolute atomic E-state index is 4.97. The number of piperidine rings is 1. The normalized spacial score (nSPS) is 22.5. The van der Waals surface area contributed by atoms with Crippen LogP contribution in [0.3, 0.4) is 0 Å². The Morgan fingerprint density at radius 1 is 1.29 bits per heavy atom. The lowest BCUT2D eigenvalue weighted by Gasteiger charge is -2.35. The molecule has 0 amide bonds. The summed E-state index contributed by atoms with van der Waals surface area (Å²) in [5.41, 5.74) is 0.266. The highest BCUT2D eigenvalue weighted by molar-refractivity contribution is 7.16. The molecule has 0 aromatic carbocycles. The smallest absolute Gasteiger partial charge is 0.234 e. The summed E-state index contributed by atoms with van der Waals surface area (Å²) in [5.74, 6) is 1.68. The SMILES string of the molecule is CCCC1(c2nn3c(C4CCC4)nnc3s2)CCNCC1. The fourth-order valence-electron chi connectivity index (χ4n) is 3.72. The lowest BCUT2D eigenvalue weighted by atomic mass is 9.76. The first kappa shape index (κ1) is 13.6. The van der Waals surface area contributed by atoms with E-state index in [0.717, 1.165) is 23.9 Å². The van der Waals surface area contributed by atoms with Gasteiger partial charge in [-0.3, -0.25) is 0 Å². The van der Waals surface area contributed by atoms with Crippen molar-refractivity contribution in [3.8, 4) is 0 Å². The summed E-state index contributed by atoms with van der Waals surface area (Å²) in [7, 11) is 0. The topological polar surface area (TPSA) is 55.1 Å². The monoisotopic (exact) mass is 305 g/mol. The van der Waals surface area contributed by atoms with Crippen LogP contribution < -0.4 is 5.32 Å². The van der Waals surface area contributed by atoms with E-state index in [1.165, 1.54) is 50.0 Å². The Kier molecular flexibility index (Phi) is 3.46. The quantitative estimate of drug-likeness (QED) is 0.943. The van der Waals surface area contributed by atoms with Gasteiger partial charge in [-0.1, -0.05) is 31.1 Å². The summed E-state index contributed by atoms with van der Waals surface area (Å²) in [6.07, 6.45) is 8.66. The first-order valence-corrected chi connectivity index (χ1v) is 9.07. The molecule has 0 spiro atoms. The van der Waals surface area contributed by atoms with Gasteiger partial charge in [-0.05, 0) is 45.2 Å². The molecular formula is C15H23N5S. The van der Waals surface area contributed by atoms with Crippen LogP contribution in [0, 0.1) is 0 Å². The van der Waals surface area contributed by atoms with Crippen molar-refractivity contribution in [2.75, 3.05) is 13.1 Å². The molecule has 4 rings (SSSR count). The van der Waals surface area contributed by atoms with Crippen LogP contribution in [-0.4, -0.2) is 32.9 Å². The van der Waals surface area contributed by atoms with Crippen molar-refractivity contribution >= 4 is 16.3 Å². The van der Waals surface area contributed by atoms with Crippen LogP contribution in [0.1, 0.15) is 68.6 Å². The van der Waals surface area contributed by atoms with Crippen LogP contribution >= 0.6 is 11.3 Å². The van der Waals surface area contributed by atoms with Crippen molar-refractivity contribution in [3.63, 3.8) is 0 Å². The van der Waals surface area contributed by atoms with Gasteiger partial charge in [0.25, 0.3) is 0 Å². The van der Waals surface area contributed by atoms with Gasteiger partial charge in [-0.15, -0.1) is 10.2 Å². The van der Waals surface area contributed by atoms with Gasteiger partial charge in [0.15, 0.2) is 5.82 Å². The van der Waals surface area contributed by atoms with Crippen LogP contribution in [0.2, 0.25) is 0 Å². The third-order valence-corrected chi connectivity index (χ3v) is 6.37. The van der Waals surface area contributed by atoms with Crippen molar-refractivity contribution in [1.82, 2.24) is 25.1 Å². The van der Waals surface area contributed by atoms with Crippen molar-refractivity contribution < 1.29 is 0 Å². The highest BCUT2D eigenvalue weighted by atomic mass is 32.1. The maximum Gasteiger partial charge on any atom is 0.234 e. The van der Waals surface area contributed by atoms with Gasteiger partial charge in [0.1, 0.15) is 5.01 Å². The van der Waals surface area contributed by atoms with Crippen molar-refractivity contribution in [2.24, 2.45) is 0 Å². The summed E-state index contributed by atoms with van der Waals surface area (Å²) < 4.78 is 2.04. The Hall–Kier alpha value is -1.01.